The van der Waals surface area contributed by atoms with Crippen LogP contribution in [0.2, 0.25) is 0 Å². The van der Waals surface area contributed by atoms with Crippen LogP contribution in [0.25, 0.3) is 0 Å². The lowest BCUT2D eigenvalue weighted by Crippen LogP contribution is -2.05. The molecule has 0 rings (SSSR count). The first-order valence-corrected chi connectivity index (χ1v) is 17.7. The number of allylic oxidation sites excluding steroid dienone is 2. The first-order chi connectivity index (χ1) is 19.7. The van der Waals surface area contributed by atoms with Crippen molar-refractivity contribution in [3.8, 4) is 0 Å². The van der Waals surface area contributed by atoms with Crippen LogP contribution in [0.5, 0.6) is 0 Å². The Morgan fingerprint density at radius 3 is 1.23 bits per heavy atom. The largest absolute Gasteiger partial charge is 0.466 e. The number of unbranched alkanes of at least 4 members (excludes halogenated alkanes) is 25. The lowest BCUT2D eigenvalue weighted by atomic mass is 10.0. The van der Waals surface area contributed by atoms with Gasteiger partial charge in [-0.2, -0.15) is 0 Å². The number of rotatable bonds is 33. The molecule has 0 amide bonds. The van der Waals surface area contributed by atoms with Gasteiger partial charge in [0.1, 0.15) is 0 Å². The van der Waals surface area contributed by atoms with Crippen molar-refractivity contribution in [2.45, 2.75) is 200 Å². The Balaban J connectivity index is 3.20. The molecule has 0 heterocycles. The quantitative estimate of drug-likeness (QED) is 0.0453. The van der Waals surface area contributed by atoms with E-state index in [1.807, 2.05) is 0 Å². The summed E-state index contributed by atoms with van der Waals surface area (Å²) in [4.78, 5) is 22.3. The Hall–Kier alpha value is -1.32. The summed E-state index contributed by atoms with van der Waals surface area (Å²) in [5.41, 5.74) is 0. The zero-order valence-corrected chi connectivity index (χ0v) is 26.7. The van der Waals surface area contributed by atoms with E-state index in [4.69, 9.17) is 4.74 Å². The van der Waals surface area contributed by atoms with Gasteiger partial charge in [-0.25, -0.2) is 9.90 Å². The fourth-order valence-corrected chi connectivity index (χ4v) is 5.27. The summed E-state index contributed by atoms with van der Waals surface area (Å²) < 4.78 is 5.42. The van der Waals surface area contributed by atoms with Crippen molar-refractivity contribution < 1.29 is 19.4 Å². The van der Waals surface area contributed by atoms with E-state index in [0.717, 1.165) is 51.4 Å². The van der Waals surface area contributed by atoms with Crippen LogP contribution in [0.3, 0.4) is 0 Å². The van der Waals surface area contributed by atoms with Crippen molar-refractivity contribution in [2.24, 2.45) is 0 Å². The molecule has 0 aliphatic carbocycles. The van der Waals surface area contributed by atoms with Crippen molar-refractivity contribution in [2.75, 3.05) is 6.61 Å². The van der Waals surface area contributed by atoms with Gasteiger partial charge in [0, 0.05) is 6.42 Å². The summed E-state index contributed by atoms with van der Waals surface area (Å²) in [6.07, 6.45) is 40.4. The van der Waals surface area contributed by atoms with E-state index in [1.165, 1.54) is 128 Å². The second kappa shape index (κ2) is 33.9. The molecule has 4 heteroatoms. The highest BCUT2D eigenvalue weighted by Gasteiger charge is 2.03. The van der Waals surface area contributed by atoms with Crippen molar-refractivity contribution in [3.05, 3.63) is 12.2 Å². The summed E-state index contributed by atoms with van der Waals surface area (Å²) in [5.74, 6) is -0.929. The van der Waals surface area contributed by atoms with Crippen LogP contribution < -0.4 is 0 Å². The van der Waals surface area contributed by atoms with Gasteiger partial charge in [0.25, 0.3) is 0 Å². The standard InChI is InChI=1S/C36H67O4/c1-2-3-4-5-6-7-8-9-11-15-18-21-24-27-30-33-36(39)40-34-31-28-25-22-19-16-13-10-12-14-17-20-23-26-29-32-35(37)38/h10,12H,2-9,11,13-34H2,1H3/b12-10-. The van der Waals surface area contributed by atoms with Crippen LogP contribution in [-0.2, 0) is 19.4 Å². The molecule has 0 spiro atoms. The summed E-state index contributed by atoms with van der Waals surface area (Å²) in [6, 6.07) is 0. The molecule has 0 unspecified atom stereocenters. The first kappa shape index (κ1) is 38.7. The number of carbonyl (C=O) groups excluding carboxylic acids is 2. The number of hydrogen-bond donors (Lipinski definition) is 0. The highest BCUT2D eigenvalue weighted by molar-refractivity contribution is 5.69. The van der Waals surface area contributed by atoms with Gasteiger partial charge in [0.05, 0.1) is 13.0 Å². The minimum Gasteiger partial charge on any atom is -0.466 e. The highest BCUT2D eigenvalue weighted by Crippen LogP contribution is 2.14. The van der Waals surface area contributed by atoms with E-state index < -0.39 is 5.97 Å². The summed E-state index contributed by atoms with van der Waals surface area (Å²) in [6.45, 7) is 2.88. The minimum atomic E-state index is -0.927. The van der Waals surface area contributed by atoms with Gasteiger partial charge in [-0.15, -0.1) is 0 Å². The van der Waals surface area contributed by atoms with Gasteiger partial charge in [-0.3, -0.25) is 4.79 Å². The molecule has 1 radical (unpaired) electrons. The Morgan fingerprint density at radius 2 is 0.800 bits per heavy atom. The predicted octanol–water partition coefficient (Wildman–Crippen LogP) is 11.8. The minimum absolute atomic E-state index is 0.00258. The molecule has 0 bridgehead atoms. The van der Waals surface area contributed by atoms with Crippen LogP contribution in [0.15, 0.2) is 12.2 Å². The third-order valence-electron chi connectivity index (χ3n) is 7.93. The normalized spacial score (nSPS) is 11.4. The maximum Gasteiger partial charge on any atom is 0.355 e. The van der Waals surface area contributed by atoms with Gasteiger partial charge in [0.15, 0.2) is 0 Å². The molecule has 0 saturated carbocycles. The molecular weight excluding hydrogens is 496 g/mol. The second-order valence-corrected chi connectivity index (χ2v) is 12.0. The third-order valence-corrected chi connectivity index (χ3v) is 7.93. The molecule has 0 aliphatic rings. The Labute approximate surface area is 249 Å². The lowest BCUT2D eigenvalue weighted by molar-refractivity contribution is -0.144. The molecule has 235 valence electrons. The molecular formula is C36H67O4. The van der Waals surface area contributed by atoms with E-state index in [1.54, 1.807) is 0 Å². The Kier molecular flexibility index (Phi) is 32.8. The van der Waals surface area contributed by atoms with Gasteiger partial charge >= 0.3 is 11.9 Å². The summed E-state index contributed by atoms with van der Waals surface area (Å²) in [5, 5.41) is 10.3. The second-order valence-electron chi connectivity index (χ2n) is 12.0. The number of hydrogen-bond acceptors (Lipinski definition) is 3. The lowest BCUT2D eigenvalue weighted by Gasteiger charge is -2.05. The van der Waals surface area contributed by atoms with E-state index in [0.29, 0.717) is 13.0 Å². The predicted molar refractivity (Wildman–Crippen MR) is 170 cm³/mol. The molecule has 0 aliphatic heterocycles. The molecule has 40 heavy (non-hydrogen) atoms. The van der Waals surface area contributed by atoms with Crippen molar-refractivity contribution >= 4 is 11.9 Å². The van der Waals surface area contributed by atoms with Crippen molar-refractivity contribution in [1.29, 1.82) is 0 Å². The topological polar surface area (TPSA) is 63.3 Å². The van der Waals surface area contributed by atoms with Crippen molar-refractivity contribution in [1.82, 2.24) is 0 Å². The molecule has 0 saturated heterocycles. The smallest absolute Gasteiger partial charge is 0.355 e. The van der Waals surface area contributed by atoms with Gasteiger partial charge in [-0.05, 0) is 44.9 Å². The zero-order valence-electron chi connectivity index (χ0n) is 26.7. The van der Waals surface area contributed by atoms with E-state index >= 15 is 0 Å². The van der Waals surface area contributed by atoms with Crippen molar-refractivity contribution in [3.63, 3.8) is 0 Å². The van der Waals surface area contributed by atoms with Crippen LogP contribution in [0.4, 0.5) is 0 Å². The summed E-state index contributed by atoms with van der Waals surface area (Å²) >= 11 is 0. The monoisotopic (exact) mass is 564 g/mol. The van der Waals surface area contributed by atoms with Crippen LogP contribution in [0.1, 0.15) is 200 Å². The van der Waals surface area contributed by atoms with Crippen LogP contribution >= 0.6 is 0 Å². The SMILES string of the molecule is CCCCCCCCCCCCCCCCCC(=O)OCCCCCCCC/C=C\CCCCCCCC([O])=O. The average Bonchev–Trinajstić information content (AvgIpc) is 2.94. The Morgan fingerprint density at radius 1 is 0.450 bits per heavy atom. The number of ether oxygens (including phenoxy) is 1. The van der Waals surface area contributed by atoms with E-state index in [9.17, 15) is 14.7 Å². The fourth-order valence-electron chi connectivity index (χ4n) is 5.27. The van der Waals surface area contributed by atoms with Crippen LogP contribution in [-0.4, -0.2) is 18.5 Å². The Bertz CT molecular complexity index is 557. The molecule has 0 atom stereocenters. The fraction of sp³-hybridized carbons (Fsp3) is 0.889. The third kappa shape index (κ3) is 34.7. The van der Waals surface area contributed by atoms with E-state index in [-0.39, 0.29) is 12.4 Å². The summed E-state index contributed by atoms with van der Waals surface area (Å²) in [7, 11) is 0. The first-order valence-electron chi connectivity index (χ1n) is 17.7. The molecule has 0 N–H and O–H groups in total. The molecule has 0 fully saturated rings. The molecule has 0 aromatic carbocycles. The van der Waals surface area contributed by atoms with Gasteiger partial charge in [-0.1, -0.05) is 154 Å². The maximum atomic E-state index is 11.9. The van der Waals surface area contributed by atoms with Crippen LogP contribution in [0, 0.1) is 0 Å². The highest BCUT2D eigenvalue weighted by atomic mass is 16.5. The van der Waals surface area contributed by atoms with E-state index in [2.05, 4.69) is 19.1 Å². The average molecular weight is 564 g/mol. The number of carbonyl (C=O) groups is 2. The maximum absolute atomic E-state index is 11.9. The molecule has 0 aromatic rings. The zero-order chi connectivity index (χ0) is 29.2. The number of esters is 1. The molecule has 4 nitrogen and oxygen atoms in total. The van der Waals surface area contributed by atoms with Gasteiger partial charge < -0.3 is 4.74 Å². The molecule has 0 aromatic heterocycles. The van der Waals surface area contributed by atoms with Gasteiger partial charge in [0.2, 0.25) is 0 Å².